The number of imide groups is 1. The van der Waals surface area contributed by atoms with Crippen molar-refractivity contribution >= 4 is 34.7 Å². The van der Waals surface area contributed by atoms with E-state index >= 15 is 0 Å². The van der Waals surface area contributed by atoms with Crippen LogP contribution in [0.2, 0.25) is 0 Å². The normalized spacial score (nSPS) is 19.2. The van der Waals surface area contributed by atoms with Crippen molar-refractivity contribution in [3.05, 3.63) is 52.2 Å². The number of nitriles is 1. The molecule has 1 aliphatic heterocycles. The molecule has 7 heteroatoms. The van der Waals surface area contributed by atoms with Gasteiger partial charge in [-0.25, -0.2) is 4.90 Å². The number of carbonyl (C=O) groups is 3. The molecule has 1 aliphatic carbocycles. The fourth-order valence-corrected chi connectivity index (χ4v) is 4.00. The minimum Gasteiger partial charge on any atom is -0.325 e. The fourth-order valence-electron chi connectivity index (χ4n) is 3.29. The Balaban J connectivity index is 1.61. The van der Waals surface area contributed by atoms with Crippen LogP contribution in [-0.4, -0.2) is 28.7 Å². The molecule has 2 heterocycles. The van der Waals surface area contributed by atoms with E-state index in [1.807, 2.05) is 23.6 Å². The van der Waals surface area contributed by atoms with E-state index in [1.165, 1.54) is 11.3 Å². The fraction of sp³-hybridized carbons (Fsp3) is 0.300. The molecule has 1 saturated carbocycles. The van der Waals surface area contributed by atoms with Gasteiger partial charge in [0, 0.05) is 10.8 Å². The van der Waals surface area contributed by atoms with Gasteiger partial charge in [-0.3, -0.25) is 14.4 Å². The summed E-state index contributed by atoms with van der Waals surface area (Å²) in [7, 11) is 0. The Morgan fingerprint density at radius 3 is 2.56 bits per heavy atom. The van der Waals surface area contributed by atoms with Crippen LogP contribution in [-0.2, 0) is 20.9 Å². The van der Waals surface area contributed by atoms with E-state index in [2.05, 4.69) is 0 Å². The molecule has 1 atom stereocenters. The highest BCUT2D eigenvalue weighted by Crippen LogP contribution is 2.35. The van der Waals surface area contributed by atoms with E-state index < -0.39 is 6.04 Å². The van der Waals surface area contributed by atoms with Gasteiger partial charge in [0.05, 0.1) is 30.3 Å². The SMILES string of the molecule is N#Cc1ccc(N2C(=O)CC(N(Cc3cccs3)C(=O)C3CC3)C2=O)cc1. The molecule has 2 aromatic rings. The van der Waals surface area contributed by atoms with Gasteiger partial charge in [0.15, 0.2) is 0 Å². The molecular formula is C20H17N3O3S. The van der Waals surface area contributed by atoms with Crippen LogP contribution in [0, 0.1) is 17.2 Å². The lowest BCUT2D eigenvalue weighted by Gasteiger charge is -2.27. The zero-order valence-corrected chi connectivity index (χ0v) is 15.3. The smallest absolute Gasteiger partial charge is 0.257 e. The van der Waals surface area contributed by atoms with Gasteiger partial charge in [0.1, 0.15) is 6.04 Å². The molecular weight excluding hydrogens is 362 g/mol. The first-order valence-electron chi connectivity index (χ1n) is 8.78. The number of amides is 3. The quantitative estimate of drug-likeness (QED) is 0.748. The number of anilines is 1. The maximum atomic E-state index is 13.0. The predicted octanol–water partition coefficient (Wildman–Crippen LogP) is 2.69. The summed E-state index contributed by atoms with van der Waals surface area (Å²) in [5.74, 6) is -0.780. The van der Waals surface area contributed by atoms with Crippen molar-refractivity contribution in [2.75, 3.05) is 4.90 Å². The molecule has 0 N–H and O–H groups in total. The minimum atomic E-state index is -0.775. The lowest BCUT2D eigenvalue weighted by Crippen LogP contribution is -2.45. The Kier molecular flexibility index (Phi) is 4.50. The Morgan fingerprint density at radius 1 is 1.22 bits per heavy atom. The van der Waals surface area contributed by atoms with Crippen LogP contribution in [0.25, 0.3) is 0 Å². The van der Waals surface area contributed by atoms with Crippen LogP contribution < -0.4 is 4.90 Å². The first-order chi connectivity index (χ1) is 13.1. The summed E-state index contributed by atoms with van der Waals surface area (Å²) in [6.07, 6.45) is 1.67. The summed E-state index contributed by atoms with van der Waals surface area (Å²) in [6.45, 7) is 0.345. The van der Waals surface area contributed by atoms with E-state index in [4.69, 9.17) is 5.26 Å². The maximum Gasteiger partial charge on any atom is 0.257 e. The monoisotopic (exact) mass is 379 g/mol. The second-order valence-corrected chi connectivity index (χ2v) is 7.80. The van der Waals surface area contributed by atoms with Gasteiger partial charge in [-0.2, -0.15) is 5.26 Å². The molecule has 1 unspecified atom stereocenters. The molecule has 4 rings (SSSR count). The zero-order chi connectivity index (χ0) is 19.0. The van der Waals surface area contributed by atoms with Crippen molar-refractivity contribution in [3.8, 4) is 6.07 Å². The minimum absolute atomic E-state index is 0.0112. The van der Waals surface area contributed by atoms with Crippen molar-refractivity contribution in [2.24, 2.45) is 5.92 Å². The average Bonchev–Trinajstić information content (AvgIpc) is 3.32. The Labute approximate surface area is 160 Å². The van der Waals surface area contributed by atoms with Crippen LogP contribution in [0.5, 0.6) is 0 Å². The molecule has 2 aliphatic rings. The number of thiophene rings is 1. The maximum absolute atomic E-state index is 13.0. The number of carbonyl (C=O) groups excluding carboxylic acids is 3. The van der Waals surface area contributed by atoms with Crippen molar-refractivity contribution in [1.82, 2.24) is 4.90 Å². The second-order valence-electron chi connectivity index (χ2n) is 6.77. The summed E-state index contributed by atoms with van der Waals surface area (Å²) < 4.78 is 0. The molecule has 0 bridgehead atoms. The van der Waals surface area contributed by atoms with Crippen molar-refractivity contribution < 1.29 is 14.4 Å². The van der Waals surface area contributed by atoms with Crippen LogP contribution in [0.1, 0.15) is 29.7 Å². The van der Waals surface area contributed by atoms with Crippen molar-refractivity contribution in [2.45, 2.75) is 31.8 Å². The largest absolute Gasteiger partial charge is 0.325 e. The molecule has 1 saturated heterocycles. The number of rotatable bonds is 5. The number of nitrogens with zero attached hydrogens (tertiary/aromatic N) is 3. The molecule has 3 amide bonds. The van der Waals surface area contributed by atoms with E-state index in [0.29, 0.717) is 17.8 Å². The van der Waals surface area contributed by atoms with Crippen LogP contribution in [0.3, 0.4) is 0 Å². The Bertz CT molecular complexity index is 926. The highest BCUT2D eigenvalue weighted by atomic mass is 32.1. The van der Waals surface area contributed by atoms with Crippen LogP contribution >= 0.6 is 11.3 Å². The highest BCUT2D eigenvalue weighted by Gasteiger charge is 2.46. The summed E-state index contributed by atoms with van der Waals surface area (Å²) >= 11 is 1.53. The third kappa shape index (κ3) is 3.36. The summed E-state index contributed by atoms with van der Waals surface area (Å²) in [4.78, 5) is 42.1. The topological polar surface area (TPSA) is 81.5 Å². The zero-order valence-electron chi connectivity index (χ0n) is 14.5. The van der Waals surface area contributed by atoms with Gasteiger partial charge in [-0.1, -0.05) is 6.07 Å². The lowest BCUT2D eigenvalue weighted by atomic mass is 10.1. The molecule has 1 aromatic heterocycles. The lowest BCUT2D eigenvalue weighted by molar-refractivity contribution is -0.140. The van der Waals surface area contributed by atoms with Crippen molar-refractivity contribution in [1.29, 1.82) is 5.26 Å². The molecule has 27 heavy (non-hydrogen) atoms. The van der Waals surface area contributed by atoms with E-state index in [1.54, 1.807) is 29.2 Å². The molecule has 6 nitrogen and oxygen atoms in total. The van der Waals surface area contributed by atoms with Gasteiger partial charge in [0.25, 0.3) is 5.91 Å². The van der Waals surface area contributed by atoms with E-state index in [0.717, 1.165) is 22.6 Å². The number of hydrogen-bond donors (Lipinski definition) is 0. The first-order valence-corrected chi connectivity index (χ1v) is 9.66. The standard InChI is InChI=1S/C20H17N3O3S/c21-11-13-3-7-15(8-4-13)23-18(24)10-17(20(23)26)22(19(25)14-5-6-14)12-16-2-1-9-27-16/h1-4,7-9,14,17H,5-6,10,12H2. The Morgan fingerprint density at radius 2 is 1.96 bits per heavy atom. The van der Waals surface area contributed by atoms with Crippen molar-refractivity contribution in [3.63, 3.8) is 0 Å². The number of hydrogen-bond acceptors (Lipinski definition) is 5. The van der Waals surface area contributed by atoms with E-state index in [9.17, 15) is 14.4 Å². The Hall–Kier alpha value is -2.98. The highest BCUT2D eigenvalue weighted by molar-refractivity contribution is 7.09. The van der Waals surface area contributed by atoms with Crippen LogP contribution in [0.15, 0.2) is 41.8 Å². The van der Waals surface area contributed by atoms with Crippen LogP contribution in [0.4, 0.5) is 5.69 Å². The van der Waals surface area contributed by atoms with E-state index in [-0.39, 0.29) is 30.1 Å². The molecule has 1 aromatic carbocycles. The van der Waals surface area contributed by atoms with Gasteiger partial charge >= 0.3 is 0 Å². The molecule has 0 spiro atoms. The molecule has 0 radical (unpaired) electrons. The summed E-state index contributed by atoms with van der Waals surface area (Å²) in [5, 5.41) is 10.8. The first kappa shape index (κ1) is 17.4. The number of benzene rings is 1. The molecule has 136 valence electrons. The average molecular weight is 379 g/mol. The third-order valence-electron chi connectivity index (χ3n) is 4.87. The summed E-state index contributed by atoms with van der Waals surface area (Å²) in [5.41, 5.74) is 0.888. The summed E-state index contributed by atoms with van der Waals surface area (Å²) in [6, 6.07) is 11.4. The van der Waals surface area contributed by atoms with Gasteiger partial charge in [0.2, 0.25) is 11.8 Å². The molecule has 2 fully saturated rings. The second kappa shape index (κ2) is 6.97. The third-order valence-corrected chi connectivity index (χ3v) is 5.73. The van der Waals surface area contributed by atoms with Gasteiger partial charge in [-0.15, -0.1) is 11.3 Å². The van der Waals surface area contributed by atoms with Gasteiger partial charge in [-0.05, 0) is 48.6 Å². The van der Waals surface area contributed by atoms with Gasteiger partial charge < -0.3 is 4.90 Å². The predicted molar refractivity (Wildman–Crippen MR) is 99.6 cm³/mol.